The van der Waals surface area contributed by atoms with Crippen LogP contribution in [-0.4, -0.2) is 18.6 Å². The van der Waals surface area contributed by atoms with Crippen molar-refractivity contribution in [2.24, 2.45) is 11.8 Å². The summed E-state index contributed by atoms with van der Waals surface area (Å²) in [5, 5.41) is 4.04. The minimum atomic E-state index is -0.365. The van der Waals surface area contributed by atoms with Gasteiger partial charge < -0.3 is 14.5 Å². The van der Waals surface area contributed by atoms with E-state index in [1.165, 1.54) is 31.7 Å². The minimum Gasteiger partial charge on any atom is -0.484 e. The number of amides is 1. The van der Waals surface area contributed by atoms with Crippen LogP contribution >= 0.6 is 0 Å². The second-order valence-corrected chi connectivity index (χ2v) is 7.16. The maximum absolute atomic E-state index is 12.2. The van der Waals surface area contributed by atoms with Crippen LogP contribution in [0, 0.1) is 11.8 Å². The van der Waals surface area contributed by atoms with Gasteiger partial charge in [0, 0.05) is 23.6 Å². The molecule has 0 radical (unpaired) electrons. The molecule has 0 saturated heterocycles. The summed E-state index contributed by atoms with van der Waals surface area (Å²) in [6.07, 6.45) is 5.67. The number of hydrogen-bond acceptors (Lipinski definition) is 4. The van der Waals surface area contributed by atoms with Gasteiger partial charge in [0.25, 0.3) is 5.91 Å². The lowest BCUT2D eigenvalue weighted by atomic mass is 10.1. The third kappa shape index (κ3) is 3.70. The van der Waals surface area contributed by atoms with E-state index in [-0.39, 0.29) is 18.1 Å². The monoisotopic (exact) mass is 341 g/mol. The van der Waals surface area contributed by atoms with Gasteiger partial charge in [-0.15, -0.1) is 0 Å². The van der Waals surface area contributed by atoms with E-state index in [2.05, 4.69) is 5.32 Å². The van der Waals surface area contributed by atoms with Crippen molar-refractivity contribution in [3.05, 3.63) is 40.2 Å². The quantitative estimate of drug-likeness (QED) is 0.786. The molecule has 0 unspecified atom stereocenters. The maximum Gasteiger partial charge on any atom is 0.336 e. The number of carbonyl (C=O) groups is 1. The lowest BCUT2D eigenvalue weighted by Crippen LogP contribution is -2.40. The molecule has 1 aromatic carbocycles. The molecule has 2 fully saturated rings. The second-order valence-electron chi connectivity index (χ2n) is 7.16. The Morgan fingerprint density at radius 1 is 1.24 bits per heavy atom. The Morgan fingerprint density at radius 3 is 2.60 bits per heavy atom. The first-order valence-corrected chi connectivity index (χ1v) is 9.13. The van der Waals surface area contributed by atoms with Gasteiger partial charge in [-0.3, -0.25) is 4.79 Å². The summed E-state index contributed by atoms with van der Waals surface area (Å²) in [7, 11) is 0. The maximum atomic E-state index is 12.2. The summed E-state index contributed by atoms with van der Waals surface area (Å²) in [5.74, 6) is 1.79. The summed E-state index contributed by atoms with van der Waals surface area (Å²) < 4.78 is 10.9. The first kappa shape index (κ1) is 16.2. The summed E-state index contributed by atoms with van der Waals surface area (Å²) in [6.45, 7) is 1.98. The smallest absolute Gasteiger partial charge is 0.336 e. The van der Waals surface area contributed by atoms with Crippen LogP contribution in [0.25, 0.3) is 11.0 Å². The third-order valence-corrected chi connectivity index (χ3v) is 5.14. The molecule has 0 atom stereocenters. The zero-order valence-electron chi connectivity index (χ0n) is 14.4. The van der Waals surface area contributed by atoms with Crippen LogP contribution in [-0.2, 0) is 11.2 Å². The van der Waals surface area contributed by atoms with Crippen molar-refractivity contribution in [2.75, 3.05) is 6.61 Å². The molecule has 132 valence electrons. The van der Waals surface area contributed by atoms with E-state index in [1.54, 1.807) is 6.07 Å². The highest BCUT2D eigenvalue weighted by Crippen LogP contribution is 2.44. The number of aryl methyl sites for hydroxylation is 1. The van der Waals surface area contributed by atoms with E-state index in [4.69, 9.17) is 9.15 Å². The molecule has 1 aromatic heterocycles. The van der Waals surface area contributed by atoms with Crippen molar-refractivity contribution in [3.63, 3.8) is 0 Å². The molecule has 0 spiro atoms. The van der Waals surface area contributed by atoms with Crippen molar-refractivity contribution < 1.29 is 13.9 Å². The number of carbonyl (C=O) groups excluding carboxylic acids is 1. The highest BCUT2D eigenvalue weighted by Gasteiger charge is 2.42. The first-order valence-electron chi connectivity index (χ1n) is 9.13. The van der Waals surface area contributed by atoms with Crippen molar-refractivity contribution >= 4 is 16.9 Å². The highest BCUT2D eigenvalue weighted by molar-refractivity contribution is 5.82. The number of hydrogen-bond donors (Lipinski definition) is 1. The Labute approximate surface area is 146 Å². The fourth-order valence-electron chi connectivity index (χ4n) is 3.50. The SMILES string of the molecule is CCc1cc(=O)oc2cc(OCC(=O)NC(C3CC3)C3CC3)ccc12. The third-order valence-electron chi connectivity index (χ3n) is 5.14. The number of fused-ring (bicyclic) bond motifs is 1. The number of nitrogens with one attached hydrogen (secondary N) is 1. The van der Waals surface area contributed by atoms with Gasteiger partial charge in [0.2, 0.25) is 0 Å². The van der Waals surface area contributed by atoms with E-state index in [1.807, 2.05) is 19.1 Å². The van der Waals surface area contributed by atoms with Gasteiger partial charge in [0.15, 0.2) is 6.61 Å². The topological polar surface area (TPSA) is 68.5 Å². The van der Waals surface area contributed by atoms with Gasteiger partial charge in [-0.1, -0.05) is 6.92 Å². The van der Waals surface area contributed by atoms with Crippen molar-refractivity contribution in [2.45, 2.75) is 45.1 Å². The average Bonchev–Trinajstić information content (AvgIpc) is 3.49. The summed E-state index contributed by atoms with van der Waals surface area (Å²) >= 11 is 0. The van der Waals surface area contributed by atoms with Gasteiger partial charge in [-0.2, -0.15) is 0 Å². The number of rotatable bonds is 7. The van der Waals surface area contributed by atoms with Gasteiger partial charge in [-0.05, 0) is 61.6 Å². The Hall–Kier alpha value is -2.30. The van der Waals surface area contributed by atoms with E-state index in [9.17, 15) is 9.59 Å². The number of ether oxygens (including phenoxy) is 1. The molecule has 5 heteroatoms. The van der Waals surface area contributed by atoms with E-state index < -0.39 is 0 Å². The summed E-state index contributed by atoms with van der Waals surface area (Å²) in [4.78, 5) is 23.8. The van der Waals surface area contributed by atoms with Crippen molar-refractivity contribution in [1.29, 1.82) is 0 Å². The predicted octanol–water partition coefficient (Wildman–Crippen LogP) is 3.04. The molecule has 1 amide bonds. The standard InChI is InChI=1S/C20H23NO4/c1-2-12-9-19(23)25-17-10-15(7-8-16(12)17)24-11-18(22)21-20(13-3-4-13)14-5-6-14/h7-10,13-14,20H,2-6,11H2,1H3,(H,21,22). The molecule has 2 aliphatic carbocycles. The van der Waals surface area contributed by atoms with Gasteiger partial charge in [0.05, 0.1) is 0 Å². The zero-order valence-corrected chi connectivity index (χ0v) is 14.4. The van der Waals surface area contributed by atoms with Crippen LogP contribution < -0.4 is 15.7 Å². The van der Waals surface area contributed by atoms with Crippen LogP contribution in [0.4, 0.5) is 0 Å². The lowest BCUT2D eigenvalue weighted by Gasteiger charge is -2.17. The van der Waals surface area contributed by atoms with Crippen LogP contribution in [0.1, 0.15) is 38.2 Å². The lowest BCUT2D eigenvalue weighted by molar-refractivity contribution is -0.124. The molecule has 4 rings (SSSR count). The first-order chi connectivity index (χ1) is 12.1. The average molecular weight is 341 g/mol. The Balaban J connectivity index is 1.42. The fraction of sp³-hybridized carbons (Fsp3) is 0.500. The summed E-state index contributed by atoms with van der Waals surface area (Å²) in [5.41, 5.74) is 1.08. The molecular weight excluding hydrogens is 318 g/mol. The largest absolute Gasteiger partial charge is 0.484 e. The predicted molar refractivity (Wildman–Crippen MR) is 94.7 cm³/mol. The minimum absolute atomic E-state index is 0.0147. The molecule has 0 aliphatic heterocycles. The van der Waals surface area contributed by atoms with E-state index >= 15 is 0 Å². The zero-order chi connectivity index (χ0) is 17.4. The fourth-order valence-corrected chi connectivity index (χ4v) is 3.50. The van der Waals surface area contributed by atoms with Gasteiger partial charge in [0.1, 0.15) is 11.3 Å². The number of benzene rings is 1. The van der Waals surface area contributed by atoms with Crippen LogP contribution in [0.2, 0.25) is 0 Å². The van der Waals surface area contributed by atoms with Gasteiger partial charge in [-0.25, -0.2) is 4.79 Å². The normalized spacial score (nSPS) is 17.0. The van der Waals surface area contributed by atoms with Crippen LogP contribution in [0.15, 0.2) is 33.5 Å². The molecule has 0 bridgehead atoms. The Bertz CT molecular complexity index is 836. The molecule has 25 heavy (non-hydrogen) atoms. The molecule has 1 heterocycles. The second kappa shape index (κ2) is 6.54. The van der Waals surface area contributed by atoms with Crippen molar-refractivity contribution in [3.8, 4) is 5.75 Å². The Kier molecular flexibility index (Phi) is 4.24. The van der Waals surface area contributed by atoms with Gasteiger partial charge >= 0.3 is 5.63 Å². The van der Waals surface area contributed by atoms with E-state index in [0.717, 1.165) is 17.4 Å². The van der Waals surface area contributed by atoms with Crippen LogP contribution in [0.5, 0.6) is 5.75 Å². The van der Waals surface area contributed by atoms with Crippen molar-refractivity contribution in [1.82, 2.24) is 5.32 Å². The molecular formula is C20H23NO4. The molecule has 2 aliphatic rings. The molecule has 5 nitrogen and oxygen atoms in total. The van der Waals surface area contributed by atoms with Crippen LogP contribution in [0.3, 0.4) is 0 Å². The summed E-state index contributed by atoms with van der Waals surface area (Å²) in [6, 6.07) is 7.22. The highest BCUT2D eigenvalue weighted by atomic mass is 16.5. The molecule has 2 saturated carbocycles. The van der Waals surface area contributed by atoms with E-state index in [0.29, 0.717) is 29.2 Å². The molecule has 2 aromatic rings. The Morgan fingerprint density at radius 2 is 1.96 bits per heavy atom. The molecule has 1 N–H and O–H groups in total.